The molecule has 1 saturated heterocycles. The quantitative estimate of drug-likeness (QED) is 0.693. The Labute approximate surface area is 121 Å². The molecule has 0 aromatic carbocycles. The molecule has 6 heteroatoms. The van der Waals surface area contributed by atoms with Crippen molar-refractivity contribution in [3.8, 4) is 0 Å². The zero-order valence-electron chi connectivity index (χ0n) is 12.6. The van der Waals surface area contributed by atoms with E-state index in [1.807, 2.05) is 7.05 Å². The topological polar surface area (TPSA) is 72.9 Å². The molecule has 1 fully saturated rings. The zero-order valence-corrected chi connectivity index (χ0v) is 12.6. The Balaban J connectivity index is 2.17. The van der Waals surface area contributed by atoms with Gasteiger partial charge in [0.2, 0.25) is 0 Å². The molecule has 0 bridgehead atoms. The van der Waals surface area contributed by atoms with Crippen LogP contribution in [0.1, 0.15) is 39.0 Å². The first-order valence-electron chi connectivity index (χ1n) is 7.49. The molecular formula is C14H27N3O3. The number of nitrogens with zero attached hydrogens (tertiary/aromatic N) is 2. The van der Waals surface area contributed by atoms with Gasteiger partial charge in [0.25, 0.3) is 0 Å². The number of aliphatic carboxylic acids is 1. The Morgan fingerprint density at radius 1 is 1.30 bits per heavy atom. The molecule has 116 valence electrons. The molecular weight excluding hydrogens is 258 g/mol. The van der Waals surface area contributed by atoms with Gasteiger partial charge in [-0.05, 0) is 32.2 Å². The lowest BCUT2D eigenvalue weighted by atomic mass is 10.0. The van der Waals surface area contributed by atoms with E-state index in [1.165, 1.54) is 0 Å². The highest BCUT2D eigenvalue weighted by Crippen LogP contribution is 2.15. The summed E-state index contributed by atoms with van der Waals surface area (Å²) in [6, 6.07) is 0.270. The van der Waals surface area contributed by atoms with Gasteiger partial charge in [-0.3, -0.25) is 4.79 Å². The summed E-state index contributed by atoms with van der Waals surface area (Å²) < 4.78 is 0. The van der Waals surface area contributed by atoms with Crippen molar-refractivity contribution in [2.45, 2.75) is 45.1 Å². The van der Waals surface area contributed by atoms with Crippen LogP contribution in [0, 0.1) is 0 Å². The van der Waals surface area contributed by atoms with E-state index >= 15 is 0 Å². The number of piperidine rings is 1. The number of hydrogen-bond acceptors (Lipinski definition) is 3. The third-order valence-corrected chi connectivity index (χ3v) is 3.97. The van der Waals surface area contributed by atoms with Gasteiger partial charge in [0.15, 0.2) is 0 Å². The molecule has 1 rings (SSSR count). The average Bonchev–Trinajstić information content (AvgIpc) is 2.45. The van der Waals surface area contributed by atoms with E-state index in [9.17, 15) is 9.59 Å². The molecule has 1 heterocycles. The molecule has 20 heavy (non-hydrogen) atoms. The maximum Gasteiger partial charge on any atom is 0.317 e. The molecule has 0 spiro atoms. The third-order valence-electron chi connectivity index (χ3n) is 3.97. The summed E-state index contributed by atoms with van der Waals surface area (Å²) in [5.74, 6) is -0.781. The number of carbonyl (C=O) groups excluding carboxylic acids is 1. The van der Waals surface area contributed by atoms with Crippen molar-refractivity contribution in [1.82, 2.24) is 15.1 Å². The number of nitrogens with one attached hydrogen (secondary N) is 1. The minimum absolute atomic E-state index is 0.0460. The molecule has 0 saturated carbocycles. The molecule has 1 aliphatic heterocycles. The van der Waals surface area contributed by atoms with Crippen molar-refractivity contribution < 1.29 is 14.7 Å². The van der Waals surface area contributed by atoms with Crippen molar-refractivity contribution in [3.05, 3.63) is 0 Å². The minimum Gasteiger partial charge on any atom is -0.481 e. The van der Waals surface area contributed by atoms with Crippen LogP contribution in [0.4, 0.5) is 4.79 Å². The molecule has 0 radical (unpaired) electrons. The normalized spacial score (nSPS) is 16.9. The van der Waals surface area contributed by atoms with Gasteiger partial charge in [-0.1, -0.05) is 6.92 Å². The van der Waals surface area contributed by atoms with Gasteiger partial charge in [-0.2, -0.15) is 0 Å². The molecule has 1 aliphatic rings. The van der Waals surface area contributed by atoms with Crippen molar-refractivity contribution in [1.29, 1.82) is 0 Å². The second-order valence-electron chi connectivity index (χ2n) is 5.36. The summed E-state index contributed by atoms with van der Waals surface area (Å²) in [4.78, 5) is 26.5. The zero-order chi connectivity index (χ0) is 15.0. The van der Waals surface area contributed by atoms with E-state index < -0.39 is 5.97 Å². The largest absolute Gasteiger partial charge is 0.481 e. The first kappa shape index (κ1) is 16.8. The van der Waals surface area contributed by atoms with Gasteiger partial charge >= 0.3 is 12.0 Å². The van der Waals surface area contributed by atoms with E-state index in [2.05, 4.69) is 17.1 Å². The first-order valence-corrected chi connectivity index (χ1v) is 7.49. The SMILES string of the molecule is CCN1CCC(N(C)C(=O)NCCCCC(=O)O)CC1. The van der Waals surface area contributed by atoms with E-state index in [-0.39, 0.29) is 12.5 Å². The molecule has 0 aromatic rings. The number of carboxylic acid groups (broad SMARTS) is 1. The summed E-state index contributed by atoms with van der Waals surface area (Å²) in [6.07, 6.45) is 3.53. The standard InChI is InChI=1S/C14H27N3O3/c1-3-17-10-7-12(8-11-17)16(2)14(20)15-9-5-4-6-13(18)19/h12H,3-11H2,1-2H3,(H,15,20)(H,18,19). The van der Waals surface area contributed by atoms with Crippen LogP contribution in [-0.4, -0.2) is 66.2 Å². The predicted octanol–water partition coefficient (Wildman–Crippen LogP) is 1.37. The van der Waals surface area contributed by atoms with Crippen molar-refractivity contribution >= 4 is 12.0 Å². The molecule has 2 amide bonds. The third kappa shape index (κ3) is 5.77. The highest BCUT2D eigenvalue weighted by molar-refractivity contribution is 5.74. The van der Waals surface area contributed by atoms with Crippen molar-refractivity contribution in [3.63, 3.8) is 0 Å². The van der Waals surface area contributed by atoms with E-state index in [0.29, 0.717) is 25.4 Å². The number of carbonyl (C=O) groups is 2. The summed E-state index contributed by atoms with van der Waals surface area (Å²) in [7, 11) is 1.85. The van der Waals surface area contributed by atoms with Gasteiger partial charge in [0.05, 0.1) is 0 Å². The Bertz CT molecular complexity index is 315. The number of urea groups is 1. The molecule has 0 unspecified atom stereocenters. The van der Waals surface area contributed by atoms with Crippen molar-refractivity contribution in [2.75, 3.05) is 33.2 Å². The maximum absolute atomic E-state index is 12.0. The molecule has 0 aromatic heterocycles. The highest BCUT2D eigenvalue weighted by atomic mass is 16.4. The van der Waals surface area contributed by atoms with Crippen LogP contribution in [0.25, 0.3) is 0 Å². The van der Waals surface area contributed by atoms with Crippen LogP contribution in [-0.2, 0) is 4.79 Å². The molecule has 0 atom stereocenters. The van der Waals surface area contributed by atoms with Gasteiger partial charge in [0.1, 0.15) is 0 Å². The van der Waals surface area contributed by atoms with Crippen LogP contribution >= 0.6 is 0 Å². The summed E-state index contributed by atoms with van der Waals surface area (Å²) in [5.41, 5.74) is 0. The lowest BCUT2D eigenvalue weighted by molar-refractivity contribution is -0.137. The number of unbranched alkanes of at least 4 members (excludes halogenated alkanes) is 1. The fraction of sp³-hybridized carbons (Fsp3) is 0.857. The van der Waals surface area contributed by atoms with Gasteiger partial charge in [0, 0.05) is 39.1 Å². The Morgan fingerprint density at radius 3 is 2.50 bits per heavy atom. The van der Waals surface area contributed by atoms with Crippen LogP contribution in [0.5, 0.6) is 0 Å². The summed E-state index contributed by atoms with van der Waals surface area (Å²) >= 11 is 0. The van der Waals surface area contributed by atoms with Gasteiger partial charge in [-0.15, -0.1) is 0 Å². The summed E-state index contributed by atoms with van der Waals surface area (Å²) in [5, 5.41) is 11.4. The molecule has 0 aliphatic carbocycles. The van der Waals surface area contributed by atoms with Crippen LogP contribution in [0.15, 0.2) is 0 Å². The number of amides is 2. The molecule has 6 nitrogen and oxygen atoms in total. The fourth-order valence-corrected chi connectivity index (χ4v) is 2.51. The van der Waals surface area contributed by atoms with Gasteiger partial charge < -0.3 is 20.2 Å². The van der Waals surface area contributed by atoms with Gasteiger partial charge in [-0.25, -0.2) is 4.79 Å². The van der Waals surface area contributed by atoms with Crippen LogP contribution in [0.3, 0.4) is 0 Å². The average molecular weight is 285 g/mol. The first-order chi connectivity index (χ1) is 9.54. The Morgan fingerprint density at radius 2 is 1.95 bits per heavy atom. The van der Waals surface area contributed by atoms with E-state index in [1.54, 1.807) is 4.90 Å². The van der Waals surface area contributed by atoms with E-state index in [0.717, 1.165) is 32.5 Å². The Hall–Kier alpha value is -1.30. The number of likely N-dealkylation sites (tertiary alicyclic amines) is 1. The summed E-state index contributed by atoms with van der Waals surface area (Å²) in [6.45, 7) is 5.89. The monoisotopic (exact) mass is 285 g/mol. The smallest absolute Gasteiger partial charge is 0.317 e. The number of carboxylic acids is 1. The maximum atomic E-state index is 12.0. The predicted molar refractivity (Wildman–Crippen MR) is 77.8 cm³/mol. The van der Waals surface area contributed by atoms with Crippen molar-refractivity contribution in [2.24, 2.45) is 0 Å². The van der Waals surface area contributed by atoms with E-state index in [4.69, 9.17) is 5.11 Å². The molecule has 2 N–H and O–H groups in total. The minimum atomic E-state index is -0.781. The Kier molecular flexibility index (Phi) is 7.36. The highest BCUT2D eigenvalue weighted by Gasteiger charge is 2.24. The second kappa shape index (κ2) is 8.79. The number of hydrogen-bond donors (Lipinski definition) is 2. The van der Waals surface area contributed by atoms with Crippen LogP contribution < -0.4 is 5.32 Å². The number of rotatable bonds is 7. The van der Waals surface area contributed by atoms with Crippen LogP contribution in [0.2, 0.25) is 0 Å². The second-order valence-corrected chi connectivity index (χ2v) is 5.36. The lowest BCUT2D eigenvalue weighted by Gasteiger charge is -2.36. The fourth-order valence-electron chi connectivity index (χ4n) is 2.51. The lowest BCUT2D eigenvalue weighted by Crippen LogP contribution is -2.48.